The van der Waals surface area contributed by atoms with Crippen LogP contribution in [0.25, 0.3) is 10.9 Å². The minimum absolute atomic E-state index is 0.000236. The maximum atomic E-state index is 13.9. The number of pyridine rings is 1. The van der Waals surface area contributed by atoms with Crippen molar-refractivity contribution < 1.29 is 22.8 Å². The normalized spacial score (nSPS) is 16.7. The molecule has 0 saturated heterocycles. The van der Waals surface area contributed by atoms with Crippen molar-refractivity contribution in [1.29, 1.82) is 5.26 Å². The Hall–Kier alpha value is -5.25. The fraction of sp³-hybridized carbons (Fsp3) is 0.312. The number of benzene rings is 2. The lowest BCUT2D eigenvalue weighted by Crippen LogP contribution is -2.43. The van der Waals surface area contributed by atoms with Gasteiger partial charge in [-0.05, 0) is 80.0 Å². The smallest absolute Gasteiger partial charge is 0.366 e. The van der Waals surface area contributed by atoms with Crippen LogP contribution in [-0.2, 0) is 24.1 Å². The summed E-state index contributed by atoms with van der Waals surface area (Å²) in [6, 6.07) is 11.0. The number of fused-ring (bicyclic) bond motifs is 1. The van der Waals surface area contributed by atoms with E-state index >= 15 is 0 Å². The zero-order chi connectivity index (χ0) is 32.5. The van der Waals surface area contributed by atoms with Crippen molar-refractivity contribution in [3.63, 3.8) is 0 Å². The molecule has 10 nitrogen and oxygen atoms in total. The summed E-state index contributed by atoms with van der Waals surface area (Å²) in [6.45, 7) is 1.08. The summed E-state index contributed by atoms with van der Waals surface area (Å²) in [5.41, 5.74) is 3.30. The van der Waals surface area contributed by atoms with Crippen molar-refractivity contribution >= 4 is 28.4 Å². The van der Waals surface area contributed by atoms with E-state index in [1.165, 1.54) is 25.1 Å². The number of amides is 2. The number of anilines is 1. The maximum absolute atomic E-state index is 13.9. The first-order valence-electron chi connectivity index (χ1n) is 14.3. The fourth-order valence-electron chi connectivity index (χ4n) is 6.06. The zero-order valence-electron chi connectivity index (χ0n) is 24.2. The van der Waals surface area contributed by atoms with Crippen molar-refractivity contribution in [2.45, 2.75) is 51.9 Å². The second-order valence-electron chi connectivity index (χ2n) is 11.2. The van der Waals surface area contributed by atoms with Gasteiger partial charge < -0.3 is 11.1 Å². The molecule has 45 heavy (non-hydrogen) atoms. The monoisotopic (exact) mass is 618 g/mol. The molecule has 1 aliphatic rings. The molecule has 5 rings (SSSR count). The lowest BCUT2D eigenvalue weighted by Gasteiger charge is -2.28. The summed E-state index contributed by atoms with van der Waals surface area (Å²) < 4.78 is 43.2. The maximum Gasteiger partial charge on any atom is 0.417 e. The molecule has 0 bridgehead atoms. The summed E-state index contributed by atoms with van der Waals surface area (Å²) in [4.78, 5) is 56.6. The van der Waals surface area contributed by atoms with Crippen LogP contribution in [0.1, 0.15) is 58.3 Å². The number of aryl methyl sites for hydroxylation is 1. The summed E-state index contributed by atoms with van der Waals surface area (Å²) in [5, 5.41) is 12.5. The van der Waals surface area contributed by atoms with E-state index in [-0.39, 0.29) is 51.9 Å². The first-order valence-corrected chi connectivity index (χ1v) is 14.3. The van der Waals surface area contributed by atoms with Gasteiger partial charge in [-0.3, -0.25) is 28.5 Å². The molecule has 13 heteroatoms. The van der Waals surface area contributed by atoms with E-state index in [2.05, 4.69) is 10.3 Å². The van der Waals surface area contributed by atoms with Crippen molar-refractivity contribution in [1.82, 2.24) is 14.1 Å². The second-order valence-corrected chi connectivity index (χ2v) is 11.2. The van der Waals surface area contributed by atoms with Crippen LogP contribution < -0.4 is 22.3 Å². The van der Waals surface area contributed by atoms with E-state index in [4.69, 9.17) is 5.73 Å². The molecule has 1 fully saturated rings. The van der Waals surface area contributed by atoms with Crippen molar-refractivity contribution in [2.24, 2.45) is 17.6 Å². The van der Waals surface area contributed by atoms with E-state index in [1.54, 1.807) is 30.6 Å². The molecule has 4 aromatic rings. The molecular weight excluding hydrogens is 589 g/mol. The molecule has 232 valence electrons. The van der Waals surface area contributed by atoms with Crippen molar-refractivity contribution in [3.05, 3.63) is 104 Å². The summed E-state index contributed by atoms with van der Waals surface area (Å²) >= 11 is 0. The molecule has 0 spiro atoms. The van der Waals surface area contributed by atoms with Crippen LogP contribution in [0.2, 0.25) is 0 Å². The van der Waals surface area contributed by atoms with Crippen LogP contribution in [-0.4, -0.2) is 25.9 Å². The first kappa shape index (κ1) is 31.2. The molecule has 1 aliphatic carbocycles. The highest BCUT2D eigenvalue weighted by Crippen LogP contribution is 2.34. The molecule has 0 radical (unpaired) electrons. The topological polar surface area (TPSA) is 153 Å². The van der Waals surface area contributed by atoms with Crippen LogP contribution in [0.4, 0.5) is 18.9 Å². The third-order valence-corrected chi connectivity index (χ3v) is 8.42. The van der Waals surface area contributed by atoms with E-state index in [1.807, 2.05) is 0 Å². The lowest BCUT2D eigenvalue weighted by molar-refractivity contribution is -0.137. The Morgan fingerprint density at radius 3 is 2.36 bits per heavy atom. The summed E-state index contributed by atoms with van der Waals surface area (Å²) in [7, 11) is 0. The number of primary amides is 1. The number of alkyl halides is 3. The van der Waals surface area contributed by atoms with Crippen LogP contribution in [0, 0.1) is 30.1 Å². The number of nitrogens with two attached hydrogens (primary N) is 1. The molecule has 0 unspecified atom stereocenters. The molecule has 2 aromatic carbocycles. The van der Waals surface area contributed by atoms with E-state index in [0.717, 1.165) is 21.3 Å². The van der Waals surface area contributed by atoms with Gasteiger partial charge >= 0.3 is 11.9 Å². The zero-order valence-corrected chi connectivity index (χ0v) is 24.2. The predicted molar refractivity (Wildman–Crippen MR) is 159 cm³/mol. The molecule has 1 saturated carbocycles. The van der Waals surface area contributed by atoms with Gasteiger partial charge in [0.1, 0.15) is 6.07 Å². The largest absolute Gasteiger partial charge is 0.417 e. The van der Waals surface area contributed by atoms with Gasteiger partial charge in [-0.15, -0.1) is 0 Å². The number of hydrogen-bond donors (Lipinski definition) is 2. The van der Waals surface area contributed by atoms with Crippen LogP contribution in [0.3, 0.4) is 0 Å². The van der Waals surface area contributed by atoms with Gasteiger partial charge in [-0.25, -0.2) is 4.79 Å². The molecule has 0 aliphatic heterocycles. The third-order valence-electron chi connectivity index (χ3n) is 8.42. The molecule has 2 aromatic heterocycles. The predicted octanol–water partition coefficient (Wildman–Crippen LogP) is 4.35. The summed E-state index contributed by atoms with van der Waals surface area (Å²) in [5.74, 6) is -1.32. The number of nitrogens with one attached hydrogen (secondary N) is 1. The van der Waals surface area contributed by atoms with Gasteiger partial charge in [0.05, 0.1) is 28.6 Å². The number of carbonyl (C=O) groups is 2. The minimum atomic E-state index is -4.80. The molecule has 0 atom stereocenters. The molecule has 2 amide bonds. The third kappa shape index (κ3) is 6.22. The average molecular weight is 619 g/mol. The van der Waals surface area contributed by atoms with Gasteiger partial charge in [-0.1, -0.05) is 12.1 Å². The van der Waals surface area contributed by atoms with Crippen LogP contribution >= 0.6 is 0 Å². The number of aromatic nitrogens is 3. The number of nitrogens with zero attached hydrogens (tertiary/aromatic N) is 4. The first-order chi connectivity index (χ1) is 21.4. The highest BCUT2D eigenvalue weighted by Gasteiger charge is 2.35. The standard InChI is InChI=1S/C32H29F3N6O4/c1-18-23(28(37)42)9-10-26-27(18)30(44)41(16-19-5-7-20(8-6-19)29(43)39-22-11-13-38-14-12-22)31(45)40(26)17-21-3-2-4-25(24(21)15-36)32(33,34)35/h2-4,9-14,19-20H,5-8,16-17H2,1H3,(H2,37,42)(H,38,39,43). The highest BCUT2D eigenvalue weighted by molar-refractivity contribution is 5.99. The van der Waals surface area contributed by atoms with E-state index in [9.17, 15) is 37.6 Å². The number of halogens is 3. The quantitative estimate of drug-likeness (QED) is 0.314. The van der Waals surface area contributed by atoms with Gasteiger partial charge in [0.25, 0.3) is 5.56 Å². The van der Waals surface area contributed by atoms with Crippen molar-refractivity contribution in [2.75, 3.05) is 5.32 Å². The second kappa shape index (κ2) is 12.4. The molecular formula is C32H29F3N6O4. The number of rotatable bonds is 7. The Labute approximate surface area is 254 Å². The lowest BCUT2D eigenvalue weighted by atomic mass is 9.81. The Bertz CT molecular complexity index is 1950. The highest BCUT2D eigenvalue weighted by atomic mass is 19.4. The van der Waals surface area contributed by atoms with E-state index in [0.29, 0.717) is 31.4 Å². The van der Waals surface area contributed by atoms with Gasteiger partial charge in [-0.2, -0.15) is 18.4 Å². The fourth-order valence-corrected chi connectivity index (χ4v) is 6.06. The van der Waals surface area contributed by atoms with Gasteiger partial charge in [0.15, 0.2) is 0 Å². The average Bonchev–Trinajstić information content (AvgIpc) is 3.01. The minimum Gasteiger partial charge on any atom is -0.366 e. The Kier molecular flexibility index (Phi) is 8.59. The Morgan fingerprint density at radius 2 is 1.73 bits per heavy atom. The molecule has 3 N–H and O–H groups in total. The Morgan fingerprint density at radius 1 is 1.04 bits per heavy atom. The Balaban J connectivity index is 1.52. The van der Waals surface area contributed by atoms with Crippen LogP contribution in [0.15, 0.2) is 64.4 Å². The van der Waals surface area contributed by atoms with Crippen LogP contribution in [0.5, 0.6) is 0 Å². The van der Waals surface area contributed by atoms with Crippen molar-refractivity contribution in [3.8, 4) is 6.07 Å². The summed E-state index contributed by atoms with van der Waals surface area (Å²) in [6.07, 6.45) is 0.493. The van der Waals surface area contributed by atoms with Gasteiger partial charge in [0.2, 0.25) is 11.8 Å². The number of nitriles is 1. The van der Waals surface area contributed by atoms with Gasteiger partial charge in [0, 0.05) is 36.1 Å². The van der Waals surface area contributed by atoms with E-state index < -0.39 is 41.0 Å². The molecule has 2 heterocycles. The number of hydrogen-bond acceptors (Lipinski definition) is 6. The SMILES string of the molecule is Cc1c(C(N)=O)ccc2c1c(=O)n(CC1CCC(C(=O)Nc3ccncc3)CC1)c(=O)n2Cc1cccc(C(F)(F)F)c1C#N. The number of carbonyl (C=O) groups excluding carboxylic acids is 2.